The van der Waals surface area contributed by atoms with Crippen molar-refractivity contribution >= 4 is 32.3 Å². The van der Waals surface area contributed by atoms with Crippen molar-refractivity contribution in [2.45, 2.75) is 16.3 Å². The Morgan fingerprint density at radius 1 is 0.931 bits per heavy atom. The van der Waals surface area contributed by atoms with E-state index < -0.39 is 15.7 Å². The highest BCUT2D eigenvalue weighted by Gasteiger charge is 2.23. The first-order chi connectivity index (χ1) is 13.9. The highest BCUT2D eigenvalue weighted by molar-refractivity contribution is 7.91. The van der Waals surface area contributed by atoms with E-state index in [2.05, 4.69) is 5.32 Å². The predicted octanol–water partition coefficient (Wildman–Crippen LogP) is 4.25. The van der Waals surface area contributed by atoms with Gasteiger partial charge in [-0.2, -0.15) is 0 Å². The fourth-order valence-electron chi connectivity index (χ4n) is 3.21. The quantitative estimate of drug-likeness (QED) is 0.537. The lowest BCUT2D eigenvalue weighted by Gasteiger charge is -2.07. The van der Waals surface area contributed by atoms with Gasteiger partial charge in [0, 0.05) is 22.8 Å². The maximum Gasteiger partial charge on any atom is 0.244 e. The van der Waals surface area contributed by atoms with Gasteiger partial charge in [0.1, 0.15) is 12.4 Å². The molecule has 1 N–H and O–H groups in total. The van der Waals surface area contributed by atoms with Crippen LogP contribution in [0.2, 0.25) is 0 Å². The highest BCUT2D eigenvalue weighted by atomic mass is 32.2. The number of para-hydroxylation sites is 1. The van der Waals surface area contributed by atoms with Gasteiger partial charge in [0.25, 0.3) is 0 Å². The van der Waals surface area contributed by atoms with Crippen LogP contribution in [0.3, 0.4) is 0 Å². The number of carbonyl (C=O) groups excluding carboxylic acids is 1. The molecule has 0 fully saturated rings. The van der Waals surface area contributed by atoms with Crippen molar-refractivity contribution in [1.82, 2.24) is 4.57 Å². The summed E-state index contributed by atoms with van der Waals surface area (Å²) < 4.78 is 41.1. The number of halogens is 1. The van der Waals surface area contributed by atoms with Crippen LogP contribution in [0.15, 0.2) is 94.9 Å². The number of benzene rings is 3. The number of aromatic nitrogens is 1. The van der Waals surface area contributed by atoms with Crippen molar-refractivity contribution in [2.75, 3.05) is 5.32 Å². The van der Waals surface area contributed by atoms with Crippen LogP contribution in [-0.2, 0) is 21.2 Å². The van der Waals surface area contributed by atoms with Crippen LogP contribution >= 0.6 is 0 Å². The molecule has 0 atom stereocenters. The summed E-state index contributed by atoms with van der Waals surface area (Å²) in [4.78, 5) is 12.8. The number of hydrogen-bond donors (Lipinski definition) is 1. The van der Waals surface area contributed by atoms with Gasteiger partial charge in [-0.15, -0.1) is 0 Å². The van der Waals surface area contributed by atoms with Crippen LogP contribution in [-0.4, -0.2) is 18.9 Å². The Labute approximate surface area is 167 Å². The molecule has 4 rings (SSSR count). The van der Waals surface area contributed by atoms with Gasteiger partial charge in [0.05, 0.1) is 9.79 Å². The maximum atomic E-state index is 13.3. The maximum absolute atomic E-state index is 13.3. The number of carbonyl (C=O) groups is 1. The van der Waals surface area contributed by atoms with E-state index in [1.165, 1.54) is 36.5 Å². The van der Waals surface area contributed by atoms with Crippen molar-refractivity contribution in [2.24, 2.45) is 0 Å². The minimum Gasteiger partial charge on any atom is -0.337 e. The molecule has 0 spiro atoms. The van der Waals surface area contributed by atoms with Gasteiger partial charge in [-0.25, -0.2) is 12.8 Å². The first-order valence-corrected chi connectivity index (χ1v) is 10.4. The Morgan fingerprint density at radius 3 is 2.41 bits per heavy atom. The van der Waals surface area contributed by atoms with E-state index in [0.29, 0.717) is 16.6 Å². The lowest BCUT2D eigenvalue weighted by Crippen LogP contribution is -2.18. The first-order valence-electron chi connectivity index (χ1n) is 8.88. The Morgan fingerprint density at radius 2 is 1.66 bits per heavy atom. The van der Waals surface area contributed by atoms with E-state index in [9.17, 15) is 17.6 Å². The number of nitrogens with zero attached hydrogens (tertiary/aromatic N) is 1. The second kappa shape index (κ2) is 7.52. The molecule has 3 aromatic carbocycles. The fourth-order valence-corrected chi connectivity index (χ4v) is 4.70. The summed E-state index contributed by atoms with van der Waals surface area (Å²) in [6.07, 6.45) is 1.47. The Kier molecular flexibility index (Phi) is 4.90. The third kappa shape index (κ3) is 3.77. The van der Waals surface area contributed by atoms with Crippen molar-refractivity contribution in [1.29, 1.82) is 0 Å². The Balaban J connectivity index is 1.70. The van der Waals surface area contributed by atoms with Gasteiger partial charge in [-0.1, -0.05) is 42.5 Å². The zero-order chi connectivity index (χ0) is 20.4. The SMILES string of the molecule is O=C(Cn1cc(S(=O)(=O)c2ccccc2)c2ccccc21)Nc1cccc(F)c1. The molecule has 1 heterocycles. The molecule has 0 unspecified atom stereocenters. The zero-order valence-corrected chi connectivity index (χ0v) is 16.1. The van der Waals surface area contributed by atoms with Gasteiger partial charge in [-0.05, 0) is 36.4 Å². The molecule has 0 aliphatic heterocycles. The molecule has 7 heteroatoms. The Hall–Kier alpha value is -3.45. The summed E-state index contributed by atoms with van der Waals surface area (Å²) in [5.74, 6) is -0.842. The molecule has 0 aliphatic carbocycles. The van der Waals surface area contributed by atoms with Crippen LogP contribution in [0.1, 0.15) is 0 Å². The van der Waals surface area contributed by atoms with E-state index in [0.717, 1.165) is 0 Å². The molecule has 1 amide bonds. The second-order valence-corrected chi connectivity index (χ2v) is 8.43. The largest absolute Gasteiger partial charge is 0.337 e. The number of nitrogens with one attached hydrogen (secondary N) is 1. The molecule has 0 radical (unpaired) electrons. The topological polar surface area (TPSA) is 68.2 Å². The van der Waals surface area contributed by atoms with Crippen LogP contribution in [0.5, 0.6) is 0 Å². The minimum atomic E-state index is -3.75. The minimum absolute atomic E-state index is 0.110. The van der Waals surface area contributed by atoms with Gasteiger partial charge in [0.2, 0.25) is 15.7 Å². The van der Waals surface area contributed by atoms with Gasteiger partial charge >= 0.3 is 0 Å². The van der Waals surface area contributed by atoms with Gasteiger partial charge in [0.15, 0.2) is 0 Å². The van der Waals surface area contributed by atoms with E-state index in [1.54, 1.807) is 53.1 Å². The molecule has 0 saturated heterocycles. The number of anilines is 1. The lowest BCUT2D eigenvalue weighted by molar-refractivity contribution is -0.116. The number of hydrogen-bond acceptors (Lipinski definition) is 3. The number of amides is 1. The van der Waals surface area contributed by atoms with Crippen LogP contribution in [0.4, 0.5) is 10.1 Å². The summed E-state index contributed by atoms with van der Waals surface area (Å²) in [5, 5.41) is 3.16. The molecule has 29 heavy (non-hydrogen) atoms. The van der Waals surface area contributed by atoms with Crippen LogP contribution in [0, 0.1) is 5.82 Å². The summed E-state index contributed by atoms with van der Waals surface area (Å²) in [5.41, 5.74) is 0.958. The molecule has 0 bridgehead atoms. The van der Waals surface area contributed by atoms with Crippen molar-refractivity contribution < 1.29 is 17.6 Å². The third-order valence-electron chi connectivity index (χ3n) is 4.52. The summed E-state index contributed by atoms with van der Waals surface area (Å²) >= 11 is 0. The van der Waals surface area contributed by atoms with Crippen LogP contribution < -0.4 is 5.32 Å². The van der Waals surface area contributed by atoms with E-state index >= 15 is 0 Å². The van der Waals surface area contributed by atoms with E-state index in [1.807, 2.05) is 0 Å². The van der Waals surface area contributed by atoms with Gasteiger partial charge in [-0.3, -0.25) is 4.79 Å². The van der Waals surface area contributed by atoms with Gasteiger partial charge < -0.3 is 9.88 Å². The monoisotopic (exact) mass is 408 g/mol. The second-order valence-electron chi connectivity index (χ2n) is 6.51. The molecule has 5 nitrogen and oxygen atoms in total. The molecular weight excluding hydrogens is 391 g/mol. The molecule has 0 saturated carbocycles. The number of sulfone groups is 1. The number of rotatable bonds is 5. The lowest BCUT2D eigenvalue weighted by atomic mass is 10.2. The van der Waals surface area contributed by atoms with Crippen molar-refractivity contribution in [3.8, 4) is 0 Å². The fraction of sp³-hybridized carbons (Fsp3) is 0.0455. The van der Waals surface area contributed by atoms with Crippen LogP contribution in [0.25, 0.3) is 10.9 Å². The predicted molar refractivity (Wildman–Crippen MR) is 109 cm³/mol. The molecular formula is C22H17FN2O3S. The first kappa shape index (κ1) is 18.9. The van der Waals surface area contributed by atoms with Crippen molar-refractivity contribution in [3.05, 3.63) is 90.9 Å². The molecule has 4 aromatic rings. The molecule has 146 valence electrons. The smallest absolute Gasteiger partial charge is 0.244 e. The summed E-state index contributed by atoms with van der Waals surface area (Å²) in [7, 11) is -3.75. The zero-order valence-electron chi connectivity index (χ0n) is 15.2. The average Bonchev–Trinajstić information content (AvgIpc) is 3.08. The Bertz CT molecular complexity index is 1300. The molecule has 1 aromatic heterocycles. The third-order valence-corrected chi connectivity index (χ3v) is 6.31. The van der Waals surface area contributed by atoms with E-state index in [-0.39, 0.29) is 22.2 Å². The normalized spacial score (nSPS) is 11.5. The highest BCUT2D eigenvalue weighted by Crippen LogP contribution is 2.30. The standard InChI is InChI=1S/C22H17FN2O3S/c23-16-7-6-8-17(13-16)24-22(26)15-25-14-21(19-11-4-5-12-20(19)25)29(27,28)18-9-2-1-3-10-18/h1-14H,15H2,(H,24,26). The average molecular weight is 408 g/mol. The van der Waals surface area contributed by atoms with Crippen molar-refractivity contribution in [3.63, 3.8) is 0 Å². The van der Waals surface area contributed by atoms with E-state index in [4.69, 9.17) is 0 Å². The number of fused-ring (bicyclic) bond motifs is 1. The molecule has 0 aliphatic rings. The summed E-state index contributed by atoms with van der Waals surface area (Å²) in [6.45, 7) is -0.110. The summed E-state index contributed by atoms with van der Waals surface area (Å²) in [6, 6.07) is 20.8.